The lowest BCUT2D eigenvalue weighted by molar-refractivity contribution is 0.274. The Morgan fingerprint density at radius 1 is 1.32 bits per heavy atom. The van der Waals surface area contributed by atoms with Crippen LogP contribution in [0.2, 0.25) is 5.02 Å². The predicted molar refractivity (Wildman–Crippen MR) is 84.5 cm³/mol. The topological polar surface area (TPSA) is 45.1 Å². The Morgan fingerprint density at radius 3 is 2.74 bits per heavy atom. The molecule has 0 spiro atoms. The zero-order chi connectivity index (χ0) is 13.8. The maximum Gasteiger partial charge on any atom is 0.0929 e. The van der Waals surface area contributed by atoms with Gasteiger partial charge < -0.3 is 10.4 Å². The maximum atomic E-state index is 9.54. The Balaban J connectivity index is 2.25. The van der Waals surface area contributed by atoms with Crippen LogP contribution in [0.25, 0.3) is 0 Å². The fourth-order valence-corrected chi connectivity index (χ4v) is 3.12. The van der Waals surface area contributed by atoms with Crippen LogP contribution in [-0.2, 0) is 0 Å². The summed E-state index contributed by atoms with van der Waals surface area (Å²) in [6.45, 7) is -0.0697. The molecule has 2 aromatic rings. The lowest BCUT2D eigenvalue weighted by atomic mass is 10.2. The van der Waals surface area contributed by atoms with Crippen molar-refractivity contribution in [2.75, 3.05) is 11.9 Å². The van der Waals surface area contributed by atoms with E-state index in [0.29, 0.717) is 5.02 Å². The molecule has 0 amide bonds. The van der Waals surface area contributed by atoms with Crippen LogP contribution in [0, 0.1) is 0 Å². The smallest absolute Gasteiger partial charge is 0.0929 e. The van der Waals surface area contributed by atoms with E-state index in [2.05, 4.69) is 42.2 Å². The summed E-state index contributed by atoms with van der Waals surface area (Å²) in [4.78, 5) is 4.32. The monoisotopic (exact) mass is 404 g/mol. The average molecular weight is 407 g/mol. The first-order chi connectivity index (χ1) is 9.10. The van der Waals surface area contributed by atoms with Crippen LogP contribution in [0.5, 0.6) is 0 Å². The van der Waals surface area contributed by atoms with Gasteiger partial charge in [0.25, 0.3) is 0 Å². The van der Waals surface area contributed by atoms with E-state index in [1.807, 2.05) is 18.2 Å². The van der Waals surface area contributed by atoms with Crippen molar-refractivity contribution in [3.8, 4) is 0 Å². The van der Waals surface area contributed by atoms with Gasteiger partial charge in [0.05, 0.1) is 18.3 Å². The minimum absolute atomic E-state index is 0.0697. The quantitative estimate of drug-likeness (QED) is 0.791. The number of hydrogen-bond acceptors (Lipinski definition) is 3. The molecule has 2 rings (SSSR count). The van der Waals surface area contributed by atoms with Gasteiger partial charge in [-0.05, 0) is 56.1 Å². The second-order valence-electron chi connectivity index (χ2n) is 3.91. The highest BCUT2D eigenvalue weighted by molar-refractivity contribution is 9.11. The number of nitrogens with one attached hydrogen (secondary N) is 1. The highest BCUT2D eigenvalue weighted by Gasteiger charge is 2.15. The van der Waals surface area contributed by atoms with Crippen LogP contribution in [0.3, 0.4) is 0 Å². The molecular weight excluding hydrogens is 395 g/mol. The number of nitrogens with zero attached hydrogens (tertiary/aromatic N) is 1. The molecule has 0 bridgehead atoms. The van der Waals surface area contributed by atoms with Crippen molar-refractivity contribution < 1.29 is 5.11 Å². The van der Waals surface area contributed by atoms with Gasteiger partial charge in [0, 0.05) is 25.9 Å². The third-order valence-electron chi connectivity index (χ3n) is 2.51. The van der Waals surface area contributed by atoms with Crippen molar-refractivity contribution in [3.05, 3.63) is 56.2 Å². The Hall–Kier alpha value is -0.620. The van der Waals surface area contributed by atoms with E-state index in [4.69, 9.17) is 11.6 Å². The summed E-state index contributed by atoms with van der Waals surface area (Å²) in [5.41, 5.74) is 1.58. The number of aliphatic hydroxyl groups is 1. The van der Waals surface area contributed by atoms with Crippen molar-refractivity contribution >= 4 is 49.1 Å². The Morgan fingerprint density at radius 2 is 2.11 bits per heavy atom. The first-order valence-electron chi connectivity index (χ1n) is 5.54. The van der Waals surface area contributed by atoms with Crippen molar-refractivity contribution in [3.63, 3.8) is 0 Å². The number of benzene rings is 1. The van der Waals surface area contributed by atoms with Crippen molar-refractivity contribution in [2.24, 2.45) is 0 Å². The van der Waals surface area contributed by atoms with E-state index in [1.165, 1.54) is 0 Å². The van der Waals surface area contributed by atoms with E-state index in [9.17, 15) is 5.11 Å². The molecule has 0 saturated heterocycles. The molecule has 100 valence electrons. The molecule has 1 atom stereocenters. The number of pyridine rings is 1. The van der Waals surface area contributed by atoms with Gasteiger partial charge >= 0.3 is 0 Å². The molecule has 1 unspecified atom stereocenters. The zero-order valence-corrected chi connectivity index (χ0v) is 13.7. The molecule has 0 aliphatic carbocycles. The van der Waals surface area contributed by atoms with Gasteiger partial charge in [-0.3, -0.25) is 4.98 Å². The highest BCUT2D eigenvalue weighted by Crippen LogP contribution is 2.27. The van der Waals surface area contributed by atoms with Crippen molar-refractivity contribution in [1.82, 2.24) is 4.98 Å². The molecule has 0 saturated carbocycles. The molecule has 1 aromatic heterocycles. The van der Waals surface area contributed by atoms with E-state index < -0.39 is 0 Å². The number of halogens is 3. The molecular formula is C13H11Br2ClN2O. The predicted octanol–water partition coefficient (Wildman–Crippen LogP) is 4.41. The molecule has 1 aromatic carbocycles. The van der Waals surface area contributed by atoms with Gasteiger partial charge in [-0.25, -0.2) is 0 Å². The van der Waals surface area contributed by atoms with E-state index >= 15 is 0 Å². The Kier molecular flexibility index (Phi) is 5.21. The zero-order valence-electron chi connectivity index (χ0n) is 9.78. The summed E-state index contributed by atoms with van der Waals surface area (Å²) in [6, 6.07) is 8.93. The Labute approximate surface area is 133 Å². The second-order valence-corrected chi connectivity index (χ2v) is 6.12. The van der Waals surface area contributed by atoms with Gasteiger partial charge in [-0.2, -0.15) is 0 Å². The maximum absolute atomic E-state index is 9.54. The molecule has 1 heterocycles. The molecule has 2 N–H and O–H groups in total. The summed E-state index contributed by atoms with van der Waals surface area (Å²) >= 11 is 12.7. The first-order valence-corrected chi connectivity index (χ1v) is 7.50. The summed E-state index contributed by atoms with van der Waals surface area (Å²) in [6.07, 6.45) is 1.70. The third kappa shape index (κ3) is 3.92. The van der Waals surface area contributed by atoms with Crippen LogP contribution >= 0.6 is 43.5 Å². The fourth-order valence-electron chi connectivity index (χ4n) is 1.66. The standard InChI is InChI=1S/C13H11Br2ClN2O/c14-8-4-11(15)13(17-6-8)12(7-19)18-10-3-1-2-9(16)5-10/h1-6,12,18-19H,7H2. The molecule has 0 aliphatic heterocycles. The van der Waals surface area contributed by atoms with Crippen LogP contribution in [0.4, 0.5) is 5.69 Å². The number of anilines is 1. The SMILES string of the molecule is OCC(Nc1cccc(Cl)c1)c1ncc(Br)cc1Br. The molecule has 0 fully saturated rings. The molecule has 6 heteroatoms. The van der Waals surface area contributed by atoms with Crippen LogP contribution in [-0.4, -0.2) is 16.7 Å². The number of hydrogen-bond donors (Lipinski definition) is 2. The van der Waals surface area contributed by atoms with Crippen LogP contribution in [0.15, 0.2) is 45.5 Å². The van der Waals surface area contributed by atoms with Gasteiger partial charge in [-0.1, -0.05) is 17.7 Å². The van der Waals surface area contributed by atoms with E-state index in [-0.39, 0.29) is 12.6 Å². The molecule has 3 nitrogen and oxygen atoms in total. The van der Waals surface area contributed by atoms with Gasteiger partial charge in [0.2, 0.25) is 0 Å². The summed E-state index contributed by atoms with van der Waals surface area (Å²) in [5.74, 6) is 0. The van der Waals surface area contributed by atoms with Crippen LogP contribution < -0.4 is 5.32 Å². The first kappa shape index (κ1) is 14.8. The lowest BCUT2D eigenvalue weighted by Gasteiger charge is -2.18. The van der Waals surface area contributed by atoms with Gasteiger partial charge in [0.15, 0.2) is 0 Å². The summed E-state index contributed by atoms with van der Waals surface area (Å²) in [7, 11) is 0. The van der Waals surface area contributed by atoms with Crippen LogP contribution in [0.1, 0.15) is 11.7 Å². The number of rotatable bonds is 4. The van der Waals surface area contributed by atoms with Gasteiger partial charge in [0.1, 0.15) is 0 Å². The van der Waals surface area contributed by atoms with E-state index in [0.717, 1.165) is 20.3 Å². The lowest BCUT2D eigenvalue weighted by Crippen LogP contribution is -2.16. The Bertz CT molecular complexity index is 580. The summed E-state index contributed by atoms with van der Waals surface area (Å²) < 4.78 is 1.71. The minimum Gasteiger partial charge on any atom is -0.394 e. The molecule has 0 radical (unpaired) electrons. The number of aromatic nitrogens is 1. The second kappa shape index (κ2) is 6.70. The number of aliphatic hydroxyl groups excluding tert-OH is 1. The minimum atomic E-state index is -0.305. The largest absolute Gasteiger partial charge is 0.394 e. The van der Waals surface area contributed by atoms with Crippen molar-refractivity contribution in [2.45, 2.75) is 6.04 Å². The molecule has 0 aliphatic rings. The average Bonchev–Trinajstić information content (AvgIpc) is 2.37. The summed E-state index contributed by atoms with van der Waals surface area (Å²) in [5, 5.41) is 13.4. The molecule has 19 heavy (non-hydrogen) atoms. The van der Waals surface area contributed by atoms with E-state index in [1.54, 1.807) is 18.3 Å². The van der Waals surface area contributed by atoms with Gasteiger partial charge in [-0.15, -0.1) is 0 Å². The fraction of sp³-hybridized carbons (Fsp3) is 0.154. The van der Waals surface area contributed by atoms with Crippen molar-refractivity contribution in [1.29, 1.82) is 0 Å². The highest BCUT2D eigenvalue weighted by atomic mass is 79.9. The third-order valence-corrected chi connectivity index (χ3v) is 3.82. The normalized spacial score (nSPS) is 12.2.